The molecular weight excluding hydrogens is 246 g/mol. The number of rotatable bonds is 3. The lowest BCUT2D eigenvalue weighted by Gasteiger charge is -2.19. The van der Waals surface area contributed by atoms with E-state index in [2.05, 4.69) is 34.7 Å². The molecule has 1 fully saturated rings. The number of hydrogen-bond donors (Lipinski definition) is 1. The molecule has 0 amide bonds. The monoisotopic (exact) mass is 271 g/mol. The number of benzene rings is 1. The van der Waals surface area contributed by atoms with Crippen LogP contribution in [-0.4, -0.2) is 22.6 Å². The molecule has 0 saturated carbocycles. The molecule has 20 heavy (non-hydrogen) atoms. The van der Waals surface area contributed by atoms with Crippen molar-refractivity contribution in [1.82, 2.24) is 9.47 Å². The SMILES string of the molecule is CCn1cc(CN2CCCCCC2)c2ccc(N)cc21. The lowest BCUT2D eigenvalue weighted by atomic mass is 10.1. The summed E-state index contributed by atoms with van der Waals surface area (Å²) in [5.41, 5.74) is 9.51. The molecule has 0 radical (unpaired) electrons. The second-order valence-electron chi connectivity index (χ2n) is 5.91. The van der Waals surface area contributed by atoms with Crippen LogP contribution in [0.4, 0.5) is 5.69 Å². The van der Waals surface area contributed by atoms with Crippen LogP contribution in [0.2, 0.25) is 0 Å². The van der Waals surface area contributed by atoms with Crippen LogP contribution >= 0.6 is 0 Å². The third-order valence-corrected chi connectivity index (χ3v) is 4.42. The number of nitrogens with zero attached hydrogens (tertiary/aromatic N) is 2. The van der Waals surface area contributed by atoms with Gasteiger partial charge in [0, 0.05) is 30.4 Å². The fourth-order valence-corrected chi connectivity index (χ4v) is 3.31. The first-order valence-electron chi connectivity index (χ1n) is 7.87. The van der Waals surface area contributed by atoms with Gasteiger partial charge in [-0.3, -0.25) is 4.90 Å². The molecule has 3 nitrogen and oxygen atoms in total. The third-order valence-electron chi connectivity index (χ3n) is 4.42. The molecule has 0 atom stereocenters. The van der Waals surface area contributed by atoms with E-state index in [4.69, 9.17) is 5.73 Å². The second-order valence-corrected chi connectivity index (χ2v) is 5.91. The van der Waals surface area contributed by atoms with Crippen molar-refractivity contribution in [2.24, 2.45) is 0 Å². The van der Waals surface area contributed by atoms with E-state index < -0.39 is 0 Å². The Morgan fingerprint density at radius 3 is 2.55 bits per heavy atom. The van der Waals surface area contributed by atoms with E-state index in [9.17, 15) is 0 Å². The van der Waals surface area contributed by atoms with Gasteiger partial charge >= 0.3 is 0 Å². The zero-order valence-corrected chi connectivity index (χ0v) is 12.4. The summed E-state index contributed by atoms with van der Waals surface area (Å²) >= 11 is 0. The van der Waals surface area contributed by atoms with Crippen molar-refractivity contribution in [1.29, 1.82) is 0 Å². The molecule has 3 rings (SSSR count). The van der Waals surface area contributed by atoms with Gasteiger partial charge in [-0.15, -0.1) is 0 Å². The maximum absolute atomic E-state index is 5.94. The van der Waals surface area contributed by atoms with E-state index in [1.54, 1.807) is 0 Å². The number of nitrogens with two attached hydrogens (primary N) is 1. The molecule has 3 heteroatoms. The van der Waals surface area contributed by atoms with Crippen molar-refractivity contribution >= 4 is 16.6 Å². The first kappa shape index (κ1) is 13.5. The van der Waals surface area contributed by atoms with E-state index >= 15 is 0 Å². The zero-order chi connectivity index (χ0) is 13.9. The van der Waals surface area contributed by atoms with Gasteiger partial charge in [0.1, 0.15) is 0 Å². The minimum atomic E-state index is 0.853. The quantitative estimate of drug-likeness (QED) is 0.865. The first-order chi connectivity index (χ1) is 9.78. The summed E-state index contributed by atoms with van der Waals surface area (Å²) in [7, 11) is 0. The lowest BCUT2D eigenvalue weighted by molar-refractivity contribution is 0.278. The van der Waals surface area contributed by atoms with Gasteiger partial charge in [0.15, 0.2) is 0 Å². The highest BCUT2D eigenvalue weighted by Gasteiger charge is 2.13. The summed E-state index contributed by atoms with van der Waals surface area (Å²) in [5, 5.41) is 1.37. The van der Waals surface area contributed by atoms with E-state index in [-0.39, 0.29) is 0 Å². The Bertz CT molecular complexity index is 577. The summed E-state index contributed by atoms with van der Waals surface area (Å²) in [4.78, 5) is 2.61. The van der Waals surface area contributed by atoms with Crippen molar-refractivity contribution in [3.8, 4) is 0 Å². The first-order valence-corrected chi connectivity index (χ1v) is 7.87. The topological polar surface area (TPSA) is 34.2 Å². The van der Waals surface area contributed by atoms with Crippen LogP contribution in [-0.2, 0) is 13.1 Å². The van der Waals surface area contributed by atoms with Crippen LogP contribution in [0.1, 0.15) is 38.2 Å². The minimum absolute atomic E-state index is 0.853. The molecule has 0 bridgehead atoms. The Balaban J connectivity index is 1.90. The van der Waals surface area contributed by atoms with Gasteiger partial charge < -0.3 is 10.3 Å². The van der Waals surface area contributed by atoms with Crippen LogP contribution in [0, 0.1) is 0 Å². The van der Waals surface area contributed by atoms with Crippen LogP contribution in [0.15, 0.2) is 24.4 Å². The van der Waals surface area contributed by atoms with Crippen molar-refractivity contribution in [2.75, 3.05) is 18.8 Å². The van der Waals surface area contributed by atoms with Crippen LogP contribution in [0.3, 0.4) is 0 Å². The second kappa shape index (κ2) is 5.88. The highest BCUT2D eigenvalue weighted by atomic mass is 15.1. The maximum atomic E-state index is 5.94. The molecule has 0 aliphatic carbocycles. The molecule has 108 valence electrons. The number of hydrogen-bond acceptors (Lipinski definition) is 2. The minimum Gasteiger partial charge on any atom is -0.399 e. The van der Waals surface area contributed by atoms with Gasteiger partial charge in [0.25, 0.3) is 0 Å². The lowest BCUT2D eigenvalue weighted by Crippen LogP contribution is -2.23. The number of aromatic nitrogens is 1. The van der Waals surface area contributed by atoms with Crippen molar-refractivity contribution < 1.29 is 0 Å². The van der Waals surface area contributed by atoms with Gasteiger partial charge in [-0.05, 0) is 50.6 Å². The molecule has 1 aliphatic rings. The Hall–Kier alpha value is -1.48. The number of anilines is 1. The summed E-state index contributed by atoms with van der Waals surface area (Å²) in [6, 6.07) is 6.31. The van der Waals surface area contributed by atoms with Gasteiger partial charge in [0.05, 0.1) is 5.52 Å². The van der Waals surface area contributed by atoms with E-state index in [1.165, 1.54) is 55.2 Å². The predicted molar refractivity (Wildman–Crippen MR) is 85.8 cm³/mol. The predicted octanol–water partition coefficient (Wildman–Crippen LogP) is 3.62. The molecule has 1 aromatic carbocycles. The molecule has 1 aromatic heterocycles. The summed E-state index contributed by atoms with van der Waals surface area (Å²) in [6.07, 6.45) is 7.79. The Morgan fingerprint density at radius 2 is 1.85 bits per heavy atom. The summed E-state index contributed by atoms with van der Waals surface area (Å²) in [6.45, 7) is 6.76. The number of nitrogen functional groups attached to an aromatic ring is 1. The third kappa shape index (κ3) is 2.68. The van der Waals surface area contributed by atoms with Gasteiger partial charge in [-0.25, -0.2) is 0 Å². The van der Waals surface area contributed by atoms with Crippen LogP contribution < -0.4 is 5.73 Å². The van der Waals surface area contributed by atoms with Gasteiger partial charge in [-0.2, -0.15) is 0 Å². The normalized spacial score (nSPS) is 17.4. The van der Waals surface area contributed by atoms with Crippen molar-refractivity contribution in [3.63, 3.8) is 0 Å². The molecule has 0 spiro atoms. The Morgan fingerprint density at radius 1 is 1.10 bits per heavy atom. The molecular formula is C17H25N3. The van der Waals surface area contributed by atoms with E-state index in [0.29, 0.717) is 0 Å². The summed E-state index contributed by atoms with van der Waals surface area (Å²) < 4.78 is 2.32. The molecule has 1 aliphatic heterocycles. The molecule has 2 N–H and O–H groups in total. The average molecular weight is 271 g/mol. The fraction of sp³-hybridized carbons (Fsp3) is 0.529. The Labute approximate surface area is 121 Å². The molecule has 1 saturated heterocycles. The molecule has 2 aromatic rings. The van der Waals surface area contributed by atoms with E-state index in [0.717, 1.165) is 18.8 Å². The van der Waals surface area contributed by atoms with Gasteiger partial charge in [-0.1, -0.05) is 18.9 Å². The number of fused-ring (bicyclic) bond motifs is 1. The van der Waals surface area contributed by atoms with Gasteiger partial charge in [0.2, 0.25) is 0 Å². The van der Waals surface area contributed by atoms with Crippen LogP contribution in [0.5, 0.6) is 0 Å². The zero-order valence-electron chi connectivity index (χ0n) is 12.4. The number of aryl methyl sites for hydroxylation is 1. The standard InChI is InChI=1S/C17H25N3/c1-2-20-13-14(12-19-9-5-3-4-6-10-19)16-8-7-15(18)11-17(16)20/h7-8,11,13H,2-6,9-10,12,18H2,1H3. The molecule has 0 unspecified atom stereocenters. The molecule has 2 heterocycles. The van der Waals surface area contributed by atoms with Crippen molar-refractivity contribution in [3.05, 3.63) is 30.0 Å². The number of likely N-dealkylation sites (tertiary alicyclic amines) is 1. The average Bonchev–Trinajstić information content (AvgIpc) is 2.63. The maximum Gasteiger partial charge on any atom is 0.0504 e. The van der Waals surface area contributed by atoms with Crippen molar-refractivity contribution in [2.45, 2.75) is 45.7 Å². The largest absolute Gasteiger partial charge is 0.399 e. The fourth-order valence-electron chi connectivity index (χ4n) is 3.31. The van der Waals surface area contributed by atoms with Crippen LogP contribution in [0.25, 0.3) is 10.9 Å². The smallest absolute Gasteiger partial charge is 0.0504 e. The van der Waals surface area contributed by atoms with E-state index in [1.807, 2.05) is 6.07 Å². The Kier molecular flexibility index (Phi) is 3.97. The highest BCUT2D eigenvalue weighted by molar-refractivity contribution is 5.86. The summed E-state index contributed by atoms with van der Waals surface area (Å²) in [5.74, 6) is 0. The highest BCUT2D eigenvalue weighted by Crippen LogP contribution is 2.25.